The highest BCUT2D eigenvalue weighted by Crippen LogP contribution is 2.27. The van der Waals surface area contributed by atoms with Gasteiger partial charge in [0.1, 0.15) is 11.5 Å². The molecule has 8 nitrogen and oxygen atoms in total. The first-order valence-electron chi connectivity index (χ1n) is 12.2. The molecule has 1 fully saturated rings. The lowest BCUT2D eigenvalue weighted by atomic mass is 9.91. The summed E-state index contributed by atoms with van der Waals surface area (Å²) < 4.78 is 1.83. The fourth-order valence-corrected chi connectivity index (χ4v) is 5.15. The lowest BCUT2D eigenvalue weighted by Crippen LogP contribution is -2.40. The van der Waals surface area contributed by atoms with Gasteiger partial charge < -0.3 is 27.1 Å². The molecule has 4 aromatic rings. The number of hydrogen-bond acceptors (Lipinski definition) is 4. The summed E-state index contributed by atoms with van der Waals surface area (Å²) in [5.41, 5.74) is 20.6. The van der Waals surface area contributed by atoms with Crippen LogP contribution in [0.25, 0.3) is 21.7 Å². The molecule has 1 saturated carbocycles. The van der Waals surface area contributed by atoms with Crippen LogP contribution in [0.1, 0.15) is 57.7 Å². The van der Waals surface area contributed by atoms with E-state index in [-0.39, 0.29) is 23.8 Å². The Bertz CT molecular complexity index is 1500. The Morgan fingerprint density at radius 3 is 2.39 bits per heavy atom. The number of nitrogen functional groups attached to an aromatic ring is 1. The zero-order valence-corrected chi connectivity index (χ0v) is 20.0. The molecule has 5 rings (SSSR count). The first kappa shape index (κ1) is 23.6. The van der Waals surface area contributed by atoms with Crippen LogP contribution in [-0.4, -0.2) is 34.3 Å². The van der Waals surface area contributed by atoms with Crippen LogP contribution in [0.3, 0.4) is 0 Å². The SMILES string of the molecule is N=C(N)c1ccc2cc(C(N)=O)n(Cc3cc(C(=O)NC4CCC(N)CC4)cc4ccccc34)c2c1. The standard InChI is InChI=1S/C28H30N6O2/c29-21-7-9-22(10-8-21)33-28(36)19-11-16-3-1-2-4-23(16)20(12-19)15-34-24-14-18(26(30)31)6-5-17(24)13-25(34)27(32)35/h1-6,11-14,21-22H,7-10,15,29H2,(H3,30,31)(H2,32,35)(H,33,36). The van der Waals surface area contributed by atoms with Gasteiger partial charge in [-0.1, -0.05) is 36.4 Å². The molecule has 3 aromatic carbocycles. The number of nitrogens with zero attached hydrogens (tertiary/aromatic N) is 1. The second-order valence-corrected chi connectivity index (χ2v) is 9.61. The molecule has 1 heterocycles. The van der Waals surface area contributed by atoms with Gasteiger partial charge in [0, 0.05) is 40.7 Å². The number of aromatic nitrogens is 1. The number of hydrogen-bond donors (Lipinski definition) is 5. The van der Waals surface area contributed by atoms with Crippen molar-refractivity contribution in [1.29, 1.82) is 5.41 Å². The number of fused-ring (bicyclic) bond motifs is 2. The van der Waals surface area contributed by atoms with Crippen LogP contribution in [0.4, 0.5) is 0 Å². The molecule has 0 aliphatic heterocycles. The van der Waals surface area contributed by atoms with E-state index in [1.807, 2.05) is 47.0 Å². The maximum Gasteiger partial charge on any atom is 0.265 e. The van der Waals surface area contributed by atoms with Crippen LogP contribution in [-0.2, 0) is 6.54 Å². The largest absolute Gasteiger partial charge is 0.384 e. The Labute approximate surface area is 208 Å². The van der Waals surface area contributed by atoms with E-state index in [0.29, 0.717) is 23.4 Å². The summed E-state index contributed by atoms with van der Waals surface area (Å²) in [4.78, 5) is 25.6. The van der Waals surface area contributed by atoms with E-state index in [2.05, 4.69) is 5.32 Å². The molecule has 0 unspecified atom stereocenters. The number of rotatable bonds is 6. The molecule has 2 amide bonds. The molecule has 1 aliphatic rings. The quantitative estimate of drug-likeness (QED) is 0.211. The third-order valence-electron chi connectivity index (χ3n) is 7.11. The number of amides is 2. The van der Waals surface area contributed by atoms with Gasteiger partial charge in [-0.15, -0.1) is 0 Å². The second-order valence-electron chi connectivity index (χ2n) is 9.61. The molecule has 0 spiro atoms. The highest BCUT2D eigenvalue weighted by atomic mass is 16.2. The van der Waals surface area contributed by atoms with Crippen molar-refractivity contribution >= 4 is 39.3 Å². The van der Waals surface area contributed by atoms with Gasteiger partial charge in [-0.05, 0) is 66.3 Å². The Kier molecular flexibility index (Phi) is 6.20. The van der Waals surface area contributed by atoms with E-state index >= 15 is 0 Å². The molecule has 184 valence electrons. The van der Waals surface area contributed by atoms with Crippen molar-refractivity contribution in [3.8, 4) is 0 Å². The van der Waals surface area contributed by atoms with Gasteiger partial charge >= 0.3 is 0 Å². The van der Waals surface area contributed by atoms with Crippen molar-refractivity contribution in [1.82, 2.24) is 9.88 Å². The maximum atomic E-state index is 13.2. The minimum Gasteiger partial charge on any atom is -0.384 e. The Hall–Kier alpha value is -4.17. The number of carbonyl (C=O) groups is 2. The predicted octanol–water partition coefficient (Wildman–Crippen LogP) is 3.23. The average Bonchev–Trinajstić information content (AvgIpc) is 3.23. The Morgan fingerprint density at radius 2 is 1.67 bits per heavy atom. The van der Waals surface area contributed by atoms with Crippen molar-refractivity contribution < 1.29 is 9.59 Å². The van der Waals surface area contributed by atoms with Crippen LogP contribution in [0.15, 0.2) is 60.7 Å². The second kappa shape index (κ2) is 9.47. The molecule has 8 heteroatoms. The van der Waals surface area contributed by atoms with Gasteiger partial charge in [-0.25, -0.2) is 0 Å². The monoisotopic (exact) mass is 482 g/mol. The van der Waals surface area contributed by atoms with E-state index in [4.69, 9.17) is 22.6 Å². The summed E-state index contributed by atoms with van der Waals surface area (Å²) in [5.74, 6) is -0.726. The first-order chi connectivity index (χ1) is 17.3. The summed E-state index contributed by atoms with van der Waals surface area (Å²) in [6, 6.07) is 19.1. The Morgan fingerprint density at radius 1 is 0.917 bits per heavy atom. The molecule has 8 N–H and O–H groups in total. The number of benzene rings is 3. The number of carbonyl (C=O) groups excluding carboxylic acids is 2. The van der Waals surface area contributed by atoms with Crippen molar-refractivity contribution in [2.75, 3.05) is 0 Å². The first-order valence-corrected chi connectivity index (χ1v) is 12.2. The summed E-state index contributed by atoms with van der Waals surface area (Å²) in [5, 5.41) is 13.7. The smallest absolute Gasteiger partial charge is 0.265 e. The van der Waals surface area contributed by atoms with Crippen molar-refractivity contribution in [3.05, 3.63) is 83.0 Å². The van der Waals surface area contributed by atoms with E-state index in [0.717, 1.165) is 52.9 Å². The van der Waals surface area contributed by atoms with Gasteiger partial charge in [-0.2, -0.15) is 0 Å². The topological polar surface area (TPSA) is 153 Å². The third-order valence-corrected chi connectivity index (χ3v) is 7.11. The average molecular weight is 483 g/mol. The van der Waals surface area contributed by atoms with Crippen LogP contribution >= 0.6 is 0 Å². The van der Waals surface area contributed by atoms with Crippen LogP contribution in [0, 0.1) is 5.41 Å². The van der Waals surface area contributed by atoms with Gasteiger partial charge in [0.05, 0.1) is 0 Å². The highest BCUT2D eigenvalue weighted by Gasteiger charge is 2.22. The van der Waals surface area contributed by atoms with Crippen LogP contribution < -0.4 is 22.5 Å². The van der Waals surface area contributed by atoms with Crippen LogP contribution in [0.2, 0.25) is 0 Å². The fourth-order valence-electron chi connectivity index (χ4n) is 5.15. The summed E-state index contributed by atoms with van der Waals surface area (Å²) in [6.07, 6.45) is 3.58. The molecule has 1 aromatic heterocycles. The van der Waals surface area contributed by atoms with Crippen LogP contribution in [0.5, 0.6) is 0 Å². The zero-order chi connectivity index (χ0) is 25.4. The number of nitrogens with one attached hydrogen (secondary N) is 2. The van der Waals surface area contributed by atoms with E-state index in [1.54, 1.807) is 18.2 Å². The third kappa shape index (κ3) is 4.55. The molecule has 0 atom stereocenters. The van der Waals surface area contributed by atoms with Gasteiger partial charge in [0.2, 0.25) is 0 Å². The molecule has 36 heavy (non-hydrogen) atoms. The molecule has 0 saturated heterocycles. The van der Waals surface area contributed by atoms with E-state index in [1.165, 1.54) is 0 Å². The minimum atomic E-state index is -0.552. The number of nitrogens with two attached hydrogens (primary N) is 3. The molecular formula is C28H30N6O2. The lowest BCUT2D eigenvalue weighted by Gasteiger charge is -2.27. The van der Waals surface area contributed by atoms with Gasteiger partial charge in [0.15, 0.2) is 0 Å². The van der Waals surface area contributed by atoms with Crippen molar-refractivity contribution in [3.63, 3.8) is 0 Å². The van der Waals surface area contributed by atoms with E-state index in [9.17, 15) is 9.59 Å². The normalized spacial score (nSPS) is 17.8. The molecule has 1 aliphatic carbocycles. The predicted molar refractivity (Wildman–Crippen MR) is 142 cm³/mol. The van der Waals surface area contributed by atoms with E-state index < -0.39 is 5.91 Å². The highest BCUT2D eigenvalue weighted by molar-refractivity contribution is 6.03. The summed E-state index contributed by atoms with van der Waals surface area (Å²) in [6.45, 7) is 0.322. The van der Waals surface area contributed by atoms with Crippen molar-refractivity contribution in [2.45, 2.75) is 44.3 Å². The van der Waals surface area contributed by atoms with Crippen molar-refractivity contribution in [2.24, 2.45) is 17.2 Å². The molecule has 0 bridgehead atoms. The number of amidine groups is 1. The van der Waals surface area contributed by atoms with Gasteiger partial charge in [-0.3, -0.25) is 15.0 Å². The number of primary amides is 1. The molecule has 0 radical (unpaired) electrons. The minimum absolute atomic E-state index is 0.0573. The van der Waals surface area contributed by atoms with Gasteiger partial charge in [0.25, 0.3) is 11.8 Å². The fraction of sp³-hybridized carbons (Fsp3) is 0.250. The summed E-state index contributed by atoms with van der Waals surface area (Å²) >= 11 is 0. The maximum absolute atomic E-state index is 13.2. The zero-order valence-electron chi connectivity index (χ0n) is 20.0. The summed E-state index contributed by atoms with van der Waals surface area (Å²) in [7, 11) is 0. The Balaban J connectivity index is 1.57. The lowest BCUT2D eigenvalue weighted by molar-refractivity contribution is 0.0924. The molecular weight excluding hydrogens is 452 g/mol.